The molecular formula is C30H33BrN2O3. The lowest BCUT2D eigenvalue weighted by atomic mass is 10.0. The van der Waals surface area contributed by atoms with Crippen molar-refractivity contribution in [2.24, 2.45) is 0 Å². The van der Waals surface area contributed by atoms with E-state index in [2.05, 4.69) is 21.2 Å². The first-order valence-corrected chi connectivity index (χ1v) is 13.3. The molecule has 2 amide bonds. The smallest absolute Gasteiger partial charge is 0.261 e. The van der Waals surface area contributed by atoms with Gasteiger partial charge in [0.15, 0.2) is 6.61 Å². The molecule has 0 bridgehead atoms. The van der Waals surface area contributed by atoms with Crippen molar-refractivity contribution >= 4 is 27.7 Å². The first-order chi connectivity index (χ1) is 17.5. The van der Waals surface area contributed by atoms with Gasteiger partial charge in [0.2, 0.25) is 5.91 Å². The van der Waals surface area contributed by atoms with E-state index in [0.29, 0.717) is 18.7 Å². The zero-order chi connectivity index (χ0) is 25.3. The Hall–Kier alpha value is -3.12. The number of carbonyl (C=O) groups is 2. The molecule has 3 aromatic rings. The van der Waals surface area contributed by atoms with Gasteiger partial charge < -0.3 is 15.0 Å². The van der Waals surface area contributed by atoms with Gasteiger partial charge in [0.05, 0.1) is 0 Å². The predicted octanol–water partition coefficient (Wildman–Crippen LogP) is 5.84. The molecule has 0 unspecified atom stereocenters. The largest absolute Gasteiger partial charge is 0.484 e. The van der Waals surface area contributed by atoms with Crippen LogP contribution in [0.5, 0.6) is 5.75 Å². The van der Waals surface area contributed by atoms with E-state index in [4.69, 9.17) is 4.74 Å². The monoisotopic (exact) mass is 548 g/mol. The van der Waals surface area contributed by atoms with Gasteiger partial charge in [-0.1, -0.05) is 88.9 Å². The highest BCUT2D eigenvalue weighted by Gasteiger charge is 2.32. The van der Waals surface area contributed by atoms with Crippen LogP contribution in [0.2, 0.25) is 0 Å². The van der Waals surface area contributed by atoms with E-state index in [0.717, 1.165) is 46.8 Å². The Bertz CT molecular complexity index is 1130. The second kappa shape index (κ2) is 12.7. The summed E-state index contributed by atoms with van der Waals surface area (Å²) >= 11 is 3.48. The van der Waals surface area contributed by atoms with Gasteiger partial charge in [0.1, 0.15) is 11.8 Å². The molecule has 0 aromatic heterocycles. The number of amides is 2. The number of halogens is 1. The van der Waals surface area contributed by atoms with Crippen LogP contribution in [0.15, 0.2) is 83.3 Å². The van der Waals surface area contributed by atoms with Crippen molar-refractivity contribution in [3.63, 3.8) is 0 Å². The molecule has 36 heavy (non-hydrogen) atoms. The molecule has 1 fully saturated rings. The molecule has 1 saturated carbocycles. The zero-order valence-corrected chi connectivity index (χ0v) is 22.2. The first kappa shape index (κ1) is 26.0. The molecule has 4 rings (SSSR count). The van der Waals surface area contributed by atoms with Gasteiger partial charge >= 0.3 is 0 Å². The Morgan fingerprint density at radius 1 is 0.944 bits per heavy atom. The van der Waals surface area contributed by atoms with E-state index in [-0.39, 0.29) is 24.5 Å². The minimum absolute atomic E-state index is 0.105. The Labute approximate surface area is 222 Å². The highest BCUT2D eigenvalue weighted by atomic mass is 79.9. The molecule has 3 aromatic carbocycles. The Morgan fingerprint density at radius 2 is 1.61 bits per heavy atom. The van der Waals surface area contributed by atoms with Crippen LogP contribution in [0, 0.1) is 6.92 Å². The number of hydrogen-bond donors (Lipinski definition) is 1. The fourth-order valence-electron chi connectivity index (χ4n) is 4.57. The molecule has 5 nitrogen and oxygen atoms in total. The Morgan fingerprint density at radius 3 is 2.28 bits per heavy atom. The van der Waals surface area contributed by atoms with Crippen molar-refractivity contribution in [3.05, 3.63) is 100 Å². The van der Waals surface area contributed by atoms with Crippen molar-refractivity contribution in [2.75, 3.05) is 6.61 Å². The minimum atomic E-state index is -0.647. The van der Waals surface area contributed by atoms with Crippen LogP contribution in [-0.2, 0) is 22.6 Å². The summed E-state index contributed by atoms with van der Waals surface area (Å²) in [6, 6.07) is 24.9. The Balaban J connectivity index is 1.59. The predicted molar refractivity (Wildman–Crippen MR) is 146 cm³/mol. The lowest BCUT2D eigenvalue weighted by Gasteiger charge is -2.32. The fraction of sp³-hybridized carbons (Fsp3) is 0.333. The molecule has 6 heteroatoms. The zero-order valence-electron chi connectivity index (χ0n) is 20.7. The molecule has 188 valence electrons. The van der Waals surface area contributed by atoms with Gasteiger partial charge in [-0.25, -0.2) is 0 Å². The van der Waals surface area contributed by atoms with Crippen LogP contribution in [0.25, 0.3) is 0 Å². The van der Waals surface area contributed by atoms with Gasteiger partial charge in [-0.2, -0.15) is 0 Å². The normalized spacial score (nSPS) is 14.3. The summed E-state index contributed by atoms with van der Waals surface area (Å²) in [5, 5.41) is 3.23. The second-order valence-corrected chi connectivity index (χ2v) is 10.4. The van der Waals surface area contributed by atoms with Gasteiger partial charge in [-0.15, -0.1) is 0 Å². The maximum absolute atomic E-state index is 13.7. The number of aryl methyl sites for hydroxylation is 1. The van der Waals surface area contributed by atoms with Crippen molar-refractivity contribution in [2.45, 2.75) is 57.7 Å². The highest BCUT2D eigenvalue weighted by molar-refractivity contribution is 9.10. The van der Waals surface area contributed by atoms with Crippen molar-refractivity contribution in [1.82, 2.24) is 10.2 Å². The molecule has 0 spiro atoms. The third kappa shape index (κ3) is 7.44. The molecule has 0 radical (unpaired) electrons. The van der Waals surface area contributed by atoms with E-state index in [1.165, 1.54) is 0 Å². The summed E-state index contributed by atoms with van der Waals surface area (Å²) in [5.74, 6) is 0.306. The van der Waals surface area contributed by atoms with Crippen LogP contribution < -0.4 is 10.1 Å². The lowest BCUT2D eigenvalue weighted by molar-refractivity contribution is -0.143. The molecule has 0 saturated heterocycles. The summed E-state index contributed by atoms with van der Waals surface area (Å²) in [7, 11) is 0. The average Bonchev–Trinajstić information content (AvgIpc) is 3.40. The van der Waals surface area contributed by atoms with Crippen LogP contribution in [0.1, 0.15) is 42.4 Å². The molecule has 1 N–H and O–H groups in total. The van der Waals surface area contributed by atoms with Gasteiger partial charge in [-0.3, -0.25) is 9.59 Å². The second-order valence-electron chi connectivity index (χ2n) is 9.45. The summed E-state index contributed by atoms with van der Waals surface area (Å²) in [6.07, 6.45) is 4.66. The van der Waals surface area contributed by atoms with Crippen molar-refractivity contribution in [3.8, 4) is 5.75 Å². The number of carbonyl (C=O) groups excluding carboxylic acids is 2. The topological polar surface area (TPSA) is 58.6 Å². The summed E-state index contributed by atoms with van der Waals surface area (Å²) < 4.78 is 6.81. The quantitative estimate of drug-likeness (QED) is 0.346. The molecule has 0 heterocycles. The Kier molecular flexibility index (Phi) is 9.17. The first-order valence-electron chi connectivity index (χ1n) is 12.6. The number of hydrogen-bond acceptors (Lipinski definition) is 3. The van der Waals surface area contributed by atoms with Crippen LogP contribution >= 0.6 is 15.9 Å². The molecule has 1 atom stereocenters. The minimum Gasteiger partial charge on any atom is -0.484 e. The molecule has 0 aliphatic heterocycles. The van der Waals surface area contributed by atoms with Gasteiger partial charge in [-0.05, 0) is 55.2 Å². The van der Waals surface area contributed by atoms with Crippen LogP contribution in [-0.4, -0.2) is 35.4 Å². The van der Waals surface area contributed by atoms with Gasteiger partial charge in [0.25, 0.3) is 5.91 Å². The third-order valence-corrected chi connectivity index (χ3v) is 7.15. The van der Waals surface area contributed by atoms with Crippen molar-refractivity contribution < 1.29 is 14.3 Å². The van der Waals surface area contributed by atoms with E-state index in [9.17, 15) is 9.59 Å². The van der Waals surface area contributed by atoms with Gasteiger partial charge in [0, 0.05) is 23.5 Å². The van der Waals surface area contributed by atoms with E-state index in [1.807, 2.05) is 85.8 Å². The molecule has 1 aliphatic carbocycles. The molecular weight excluding hydrogens is 516 g/mol. The standard InChI is InChI=1S/C30H33BrN2O3/c1-22-11-17-27(18-12-22)36-21-29(34)33(20-24-13-15-25(31)16-14-24)28(19-23-7-3-2-4-8-23)30(35)32-26-9-5-6-10-26/h2-4,7-8,11-18,26,28H,5-6,9-10,19-21H2,1H3,(H,32,35)/t28-/m0/s1. The lowest BCUT2D eigenvalue weighted by Crippen LogP contribution is -2.53. The van der Waals surface area contributed by atoms with Crippen LogP contribution in [0.4, 0.5) is 0 Å². The third-order valence-electron chi connectivity index (χ3n) is 6.62. The number of rotatable bonds is 10. The number of benzene rings is 3. The number of nitrogens with zero attached hydrogens (tertiary/aromatic N) is 1. The van der Waals surface area contributed by atoms with E-state index < -0.39 is 6.04 Å². The maximum atomic E-state index is 13.7. The summed E-state index contributed by atoms with van der Waals surface area (Å²) in [6.45, 7) is 2.19. The fourth-order valence-corrected chi connectivity index (χ4v) is 4.83. The maximum Gasteiger partial charge on any atom is 0.261 e. The van der Waals surface area contributed by atoms with E-state index >= 15 is 0 Å². The summed E-state index contributed by atoms with van der Waals surface area (Å²) in [5.41, 5.74) is 3.09. The van der Waals surface area contributed by atoms with Crippen molar-refractivity contribution in [1.29, 1.82) is 0 Å². The highest BCUT2D eigenvalue weighted by Crippen LogP contribution is 2.21. The van der Waals surface area contributed by atoms with Crippen LogP contribution in [0.3, 0.4) is 0 Å². The number of ether oxygens (including phenoxy) is 1. The number of nitrogens with one attached hydrogen (secondary N) is 1. The molecule has 1 aliphatic rings. The summed E-state index contributed by atoms with van der Waals surface area (Å²) in [4.78, 5) is 29.0. The average molecular weight is 550 g/mol. The SMILES string of the molecule is Cc1ccc(OCC(=O)N(Cc2ccc(Br)cc2)[C@@H](Cc2ccccc2)C(=O)NC2CCCC2)cc1. The van der Waals surface area contributed by atoms with E-state index in [1.54, 1.807) is 4.90 Å².